The van der Waals surface area contributed by atoms with Crippen LogP contribution in [0.4, 0.5) is 11.5 Å². The highest BCUT2D eigenvalue weighted by molar-refractivity contribution is 6.32. The van der Waals surface area contributed by atoms with E-state index >= 15 is 0 Å². The molecule has 1 aliphatic heterocycles. The lowest BCUT2D eigenvalue weighted by molar-refractivity contribution is -0.0578. The first-order chi connectivity index (χ1) is 17.9. The van der Waals surface area contributed by atoms with E-state index in [0.29, 0.717) is 29.8 Å². The molecule has 0 atom stereocenters. The number of H-pyrrole nitrogens is 1. The molecule has 2 aromatic heterocycles. The highest BCUT2D eigenvalue weighted by Crippen LogP contribution is 2.38. The van der Waals surface area contributed by atoms with Crippen LogP contribution in [-0.2, 0) is 11.3 Å². The van der Waals surface area contributed by atoms with Crippen LogP contribution in [-0.4, -0.2) is 59.8 Å². The number of hydrogen-bond donors (Lipinski definition) is 2. The van der Waals surface area contributed by atoms with Crippen molar-refractivity contribution in [3.8, 4) is 0 Å². The summed E-state index contributed by atoms with van der Waals surface area (Å²) in [7, 11) is 1.81. The fourth-order valence-corrected chi connectivity index (χ4v) is 6.37. The third-order valence-electron chi connectivity index (χ3n) is 8.23. The molecule has 5 rings (SSSR count). The predicted octanol–water partition coefficient (Wildman–Crippen LogP) is 5.27. The summed E-state index contributed by atoms with van der Waals surface area (Å²) in [5.41, 5.74) is 3.65. The van der Waals surface area contributed by atoms with Crippen molar-refractivity contribution in [3.05, 3.63) is 62.7 Å². The van der Waals surface area contributed by atoms with Gasteiger partial charge in [0.1, 0.15) is 5.82 Å². The van der Waals surface area contributed by atoms with Crippen LogP contribution in [0.3, 0.4) is 0 Å². The monoisotopic (exact) mass is 523 g/mol. The van der Waals surface area contributed by atoms with Crippen LogP contribution in [0.15, 0.2) is 35.3 Å². The van der Waals surface area contributed by atoms with Crippen molar-refractivity contribution in [3.63, 3.8) is 0 Å². The molecule has 0 radical (unpaired) electrons. The Kier molecular flexibility index (Phi) is 7.75. The smallest absolute Gasteiger partial charge is 0.253 e. The van der Waals surface area contributed by atoms with E-state index in [2.05, 4.69) is 44.1 Å². The number of halogens is 1. The zero-order chi connectivity index (χ0) is 26.1. The average molecular weight is 524 g/mol. The molecular weight excluding hydrogens is 486 g/mol. The second kappa shape index (κ2) is 11.0. The number of pyridine rings is 2. The fourth-order valence-electron chi connectivity index (χ4n) is 6.16. The summed E-state index contributed by atoms with van der Waals surface area (Å²) >= 11 is 6.68. The van der Waals surface area contributed by atoms with Crippen molar-refractivity contribution in [2.45, 2.75) is 71.2 Å². The first-order valence-corrected chi connectivity index (χ1v) is 13.8. The van der Waals surface area contributed by atoms with E-state index in [-0.39, 0.29) is 5.56 Å². The highest BCUT2D eigenvalue weighted by atomic mass is 35.5. The summed E-state index contributed by atoms with van der Waals surface area (Å²) in [4.78, 5) is 25.2. The van der Waals surface area contributed by atoms with Gasteiger partial charge in [-0.25, -0.2) is 4.98 Å². The van der Waals surface area contributed by atoms with Crippen LogP contribution in [0.1, 0.15) is 49.4 Å². The summed E-state index contributed by atoms with van der Waals surface area (Å²) < 4.78 is 5.47. The minimum Gasteiger partial charge on any atom is -0.379 e. The Labute approximate surface area is 224 Å². The second-order valence-electron chi connectivity index (χ2n) is 10.5. The maximum absolute atomic E-state index is 12.5. The van der Waals surface area contributed by atoms with Crippen molar-refractivity contribution in [1.29, 1.82) is 0 Å². The number of hydrogen-bond acceptors (Lipinski definition) is 6. The molecule has 7 nitrogen and oxygen atoms in total. The number of rotatable bonds is 8. The Bertz CT molecular complexity index is 1310. The summed E-state index contributed by atoms with van der Waals surface area (Å²) in [5, 5.41) is 6.21. The molecule has 0 spiro atoms. The third kappa shape index (κ3) is 5.35. The van der Waals surface area contributed by atoms with Gasteiger partial charge in [-0.15, -0.1) is 0 Å². The van der Waals surface area contributed by atoms with Crippen molar-refractivity contribution >= 4 is 33.9 Å². The number of methoxy groups -OCH3 is 1. The quantitative estimate of drug-likeness (QED) is 0.419. The summed E-state index contributed by atoms with van der Waals surface area (Å²) in [6, 6.07) is 9.30. The van der Waals surface area contributed by atoms with E-state index in [4.69, 9.17) is 16.3 Å². The Balaban J connectivity index is 1.37. The Morgan fingerprint density at radius 2 is 1.92 bits per heavy atom. The molecule has 37 heavy (non-hydrogen) atoms. The van der Waals surface area contributed by atoms with Crippen LogP contribution < -0.4 is 15.8 Å². The zero-order valence-corrected chi connectivity index (χ0v) is 23.1. The van der Waals surface area contributed by atoms with Gasteiger partial charge in [0.15, 0.2) is 0 Å². The third-order valence-corrected chi connectivity index (χ3v) is 8.45. The highest BCUT2D eigenvalue weighted by Gasteiger charge is 2.35. The maximum atomic E-state index is 12.5. The van der Waals surface area contributed by atoms with Crippen molar-refractivity contribution in [1.82, 2.24) is 14.9 Å². The normalized spacial score (nSPS) is 20.7. The summed E-state index contributed by atoms with van der Waals surface area (Å²) in [5.74, 6) is 0.742. The molecule has 1 aliphatic carbocycles. The Morgan fingerprint density at radius 1 is 1.16 bits per heavy atom. The van der Waals surface area contributed by atoms with Crippen LogP contribution >= 0.6 is 11.6 Å². The van der Waals surface area contributed by atoms with E-state index < -0.39 is 0 Å². The van der Waals surface area contributed by atoms with Crippen LogP contribution in [0.5, 0.6) is 0 Å². The minimum atomic E-state index is -0.0623. The lowest BCUT2D eigenvalue weighted by Gasteiger charge is -2.47. The van der Waals surface area contributed by atoms with Crippen LogP contribution in [0, 0.1) is 13.8 Å². The molecular formula is C29H38ClN5O2. The molecule has 0 bridgehead atoms. The van der Waals surface area contributed by atoms with Gasteiger partial charge in [0, 0.05) is 84.3 Å². The van der Waals surface area contributed by atoms with Crippen molar-refractivity contribution in [2.75, 3.05) is 37.0 Å². The van der Waals surface area contributed by atoms with Crippen molar-refractivity contribution < 1.29 is 4.74 Å². The molecule has 2 fully saturated rings. The minimum absolute atomic E-state index is 0.0623. The van der Waals surface area contributed by atoms with Gasteiger partial charge in [-0.2, -0.15) is 0 Å². The number of aryl methyl sites for hydroxylation is 2. The largest absolute Gasteiger partial charge is 0.379 e. The zero-order valence-electron chi connectivity index (χ0n) is 22.3. The van der Waals surface area contributed by atoms with E-state index in [0.717, 1.165) is 58.7 Å². The van der Waals surface area contributed by atoms with E-state index in [1.807, 2.05) is 39.3 Å². The second-order valence-corrected chi connectivity index (χ2v) is 11.0. The number of nitrogens with one attached hydrogen (secondary N) is 2. The number of nitrogens with zero attached hydrogens (tertiary/aromatic N) is 3. The lowest BCUT2D eigenvalue weighted by atomic mass is 9.87. The molecule has 1 saturated heterocycles. The predicted molar refractivity (Wildman–Crippen MR) is 152 cm³/mol. The number of aromatic amines is 1. The Hall–Kier alpha value is -2.61. The standard InChI is InChI=1S/C29H38ClN5O2/c1-5-35(22-8-6-21(7-9-22)34-16-23(17-34)37-4)27-14-20(30)13-25-24(27)10-11-31-28(25)32-15-26-18(2)12-19(3)33-29(26)36/h10-14,21-23H,5-9,15-17H2,1-4H3,(H,31,32)(H,33,36). The SMILES string of the molecule is CCN(c1cc(Cl)cc2c(NCc3c(C)cc(C)[nH]c3=O)nccc12)C1CCC(N2CC(OC)C2)CC1. The maximum Gasteiger partial charge on any atom is 0.253 e. The summed E-state index contributed by atoms with van der Waals surface area (Å²) in [6.07, 6.45) is 7.03. The Morgan fingerprint density at radius 3 is 2.59 bits per heavy atom. The molecule has 198 valence electrons. The van der Waals surface area contributed by atoms with Gasteiger partial charge in [0.05, 0.1) is 6.10 Å². The van der Waals surface area contributed by atoms with E-state index in [1.54, 1.807) is 0 Å². The molecule has 0 amide bonds. The first-order valence-electron chi connectivity index (χ1n) is 13.4. The van der Waals surface area contributed by atoms with E-state index in [9.17, 15) is 4.79 Å². The number of fused-ring (bicyclic) bond motifs is 1. The van der Waals surface area contributed by atoms with Crippen LogP contribution in [0.25, 0.3) is 10.8 Å². The lowest BCUT2D eigenvalue weighted by Crippen LogP contribution is -2.57. The van der Waals surface area contributed by atoms with Crippen LogP contribution in [0.2, 0.25) is 5.02 Å². The van der Waals surface area contributed by atoms with Gasteiger partial charge in [-0.3, -0.25) is 9.69 Å². The molecule has 0 unspecified atom stereocenters. The van der Waals surface area contributed by atoms with Crippen molar-refractivity contribution in [2.24, 2.45) is 0 Å². The molecule has 3 aromatic rings. The molecule has 3 heterocycles. The average Bonchev–Trinajstić information content (AvgIpc) is 2.84. The molecule has 1 aromatic carbocycles. The first kappa shape index (κ1) is 26.0. The topological polar surface area (TPSA) is 73.5 Å². The summed E-state index contributed by atoms with van der Waals surface area (Å²) in [6.45, 7) is 9.55. The molecule has 1 saturated carbocycles. The molecule has 2 aliphatic rings. The van der Waals surface area contributed by atoms with Gasteiger partial charge < -0.3 is 19.9 Å². The number of anilines is 2. The number of likely N-dealkylation sites (tertiary alicyclic amines) is 1. The van der Waals surface area contributed by atoms with Gasteiger partial charge in [-0.1, -0.05) is 11.6 Å². The van der Waals surface area contributed by atoms with E-state index in [1.165, 1.54) is 25.7 Å². The molecule has 2 N–H and O–H groups in total. The van der Waals surface area contributed by atoms with Gasteiger partial charge in [0.2, 0.25) is 0 Å². The number of benzene rings is 1. The van der Waals surface area contributed by atoms with Gasteiger partial charge >= 0.3 is 0 Å². The van der Waals surface area contributed by atoms with Gasteiger partial charge in [-0.05, 0) is 76.3 Å². The molecule has 8 heteroatoms. The van der Waals surface area contributed by atoms with Gasteiger partial charge in [0.25, 0.3) is 5.56 Å². The fraction of sp³-hybridized carbons (Fsp3) is 0.517. The number of aromatic nitrogens is 2. The number of ether oxygens (including phenoxy) is 1.